The van der Waals surface area contributed by atoms with E-state index >= 15 is 0 Å². The minimum atomic E-state index is 0.926. The molecule has 1 aromatic rings. The number of rotatable bonds is 6. The number of halogens is 1. The molecule has 0 aliphatic carbocycles. The van der Waals surface area contributed by atoms with Crippen molar-refractivity contribution in [3.8, 4) is 0 Å². The highest BCUT2D eigenvalue weighted by atomic mass is 127. The predicted octanol–water partition coefficient (Wildman–Crippen LogP) is 3.62. The zero-order valence-corrected chi connectivity index (χ0v) is 10.9. The molecular formula is C13H16IN. The summed E-state index contributed by atoms with van der Waals surface area (Å²) < 4.78 is 2.05. The number of hydrogen-bond acceptors (Lipinski definition) is 1. The predicted molar refractivity (Wildman–Crippen MR) is 75.1 cm³/mol. The van der Waals surface area contributed by atoms with E-state index in [0.717, 1.165) is 19.6 Å². The van der Waals surface area contributed by atoms with Crippen LogP contribution in [-0.2, 0) is 6.54 Å². The molecule has 0 radical (unpaired) electrons. The van der Waals surface area contributed by atoms with E-state index in [2.05, 4.69) is 68.5 Å². The van der Waals surface area contributed by atoms with Gasteiger partial charge in [-0.1, -0.05) is 65.1 Å². The summed E-state index contributed by atoms with van der Waals surface area (Å²) in [5, 5.41) is 0. The first-order chi connectivity index (χ1) is 7.36. The molecule has 1 aromatic carbocycles. The van der Waals surface area contributed by atoms with E-state index in [9.17, 15) is 0 Å². The topological polar surface area (TPSA) is 3.24 Å². The molecule has 0 aliphatic heterocycles. The van der Waals surface area contributed by atoms with Gasteiger partial charge in [-0.3, -0.25) is 4.90 Å². The van der Waals surface area contributed by atoms with Crippen LogP contribution in [0.4, 0.5) is 0 Å². The lowest BCUT2D eigenvalue weighted by Crippen LogP contribution is -2.23. The minimum absolute atomic E-state index is 0.926. The normalized spacial score (nSPS) is 11.1. The van der Waals surface area contributed by atoms with Crippen LogP contribution in [0.25, 0.3) is 0 Å². The third-order valence-electron chi connectivity index (χ3n) is 2.09. The maximum atomic E-state index is 3.78. The van der Waals surface area contributed by atoms with Crippen LogP contribution in [-0.4, -0.2) is 18.0 Å². The Labute approximate surface area is 106 Å². The molecule has 0 bridgehead atoms. The van der Waals surface area contributed by atoms with Crippen molar-refractivity contribution in [3.05, 3.63) is 58.7 Å². The number of benzene rings is 1. The molecule has 0 aromatic heterocycles. The molecule has 15 heavy (non-hydrogen) atoms. The SMILES string of the molecule is C=CCN(C/C=C\I)Cc1ccccc1. The van der Waals surface area contributed by atoms with Crippen LogP contribution in [0.1, 0.15) is 5.56 Å². The highest BCUT2D eigenvalue weighted by Crippen LogP contribution is 2.04. The molecule has 0 amide bonds. The van der Waals surface area contributed by atoms with Gasteiger partial charge in [-0.2, -0.15) is 0 Å². The quantitative estimate of drug-likeness (QED) is 0.573. The summed E-state index contributed by atoms with van der Waals surface area (Å²) in [6.45, 7) is 6.67. The highest BCUT2D eigenvalue weighted by molar-refractivity contribution is 14.1. The molecule has 0 heterocycles. The summed E-state index contributed by atoms with van der Waals surface area (Å²) in [5.41, 5.74) is 1.35. The smallest absolute Gasteiger partial charge is 0.0240 e. The Balaban J connectivity index is 2.54. The fourth-order valence-corrected chi connectivity index (χ4v) is 1.64. The zero-order chi connectivity index (χ0) is 10.9. The van der Waals surface area contributed by atoms with E-state index in [-0.39, 0.29) is 0 Å². The van der Waals surface area contributed by atoms with Crippen LogP contribution in [0.3, 0.4) is 0 Å². The van der Waals surface area contributed by atoms with Gasteiger partial charge >= 0.3 is 0 Å². The lowest BCUT2D eigenvalue weighted by atomic mass is 10.2. The summed E-state index contributed by atoms with van der Waals surface area (Å²) in [6.07, 6.45) is 4.11. The Kier molecular flexibility index (Phi) is 6.36. The van der Waals surface area contributed by atoms with Gasteiger partial charge in [-0.25, -0.2) is 0 Å². The van der Waals surface area contributed by atoms with Gasteiger partial charge in [0.05, 0.1) is 0 Å². The third-order valence-corrected chi connectivity index (χ3v) is 2.60. The molecule has 1 nitrogen and oxygen atoms in total. The first kappa shape index (κ1) is 12.5. The van der Waals surface area contributed by atoms with E-state index < -0.39 is 0 Å². The second-order valence-corrected chi connectivity index (χ2v) is 4.05. The van der Waals surface area contributed by atoms with Crippen molar-refractivity contribution >= 4 is 22.6 Å². The molecule has 0 spiro atoms. The Bertz CT molecular complexity index is 306. The van der Waals surface area contributed by atoms with Crippen LogP contribution in [0.2, 0.25) is 0 Å². The third kappa shape index (κ3) is 5.14. The lowest BCUT2D eigenvalue weighted by Gasteiger charge is -2.18. The van der Waals surface area contributed by atoms with Crippen LogP contribution >= 0.6 is 22.6 Å². The largest absolute Gasteiger partial charge is 0.292 e. The molecule has 0 aliphatic rings. The van der Waals surface area contributed by atoms with Crippen LogP contribution in [0.15, 0.2) is 53.1 Å². The van der Waals surface area contributed by atoms with E-state index in [4.69, 9.17) is 0 Å². The van der Waals surface area contributed by atoms with Gasteiger partial charge in [0.1, 0.15) is 0 Å². The second-order valence-electron chi connectivity index (χ2n) is 3.33. The van der Waals surface area contributed by atoms with Crippen molar-refractivity contribution < 1.29 is 0 Å². The van der Waals surface area contributed by atoms with Crippen LogP contribution in [0.5, 0.6) is 0 Å². The Hall–Kier alpha value is -0.610. The second kappa shape index (κ2) is 7.65. The van der Waals surface area contributed by atoms with E-state index in [1.807, 2.05) is 12.1 Å². The Morgan fingerprint density at radius 3 is 2.53 bits per heavy atom. The number of nitrogens with zero attached hydrogens (tertiary/aromatic N) is 1. The van der Waals surface area contributed by atoms with Crippen molar-refractivity contribution in [1.29, 1.82) is 0 Å². The molecule has 0 saturated carbocycles. The van der Waals surface area contributed by atoms with Crippen molar-refractivity contribution in [2.45, 2.75) is 6.54 Å². The van der Waals surface area contributed by atoms with Crippen molar-refractivity contribution in [2.75, 3.05) is 13.1 Å². The van der Waals surface area contributed by atoms with E-state index in [0.29, 0.717) is 0 Å². The Morgan fingerprint density at radius 1 is 1.20 bits per heavy atom. The van der Waals surface area contributed by atoms with Crippen molar-refractivity contribution in [1.82, 2.24) is 4.90 Å². The summed E-state index contributed by atoms with van der Waals surface area (Å²) >= 11 is 2.25. The van der Waals surface area contributed by atoms with Crippen LogP contribution < -0.4 is 0 Å². The first-order valence-corrected chi connectivity index (χ1v) is 6.23. The Morgan fingerprint density at radius 2 is 1.93 bits per heavy atom. The van der Waals surface area contributed by atoms with Gasteiger partial charge in [-0.05, 0) is 9.65 Å². The molecule has 0 N–H and O–H groups in total. The fraction of sp³-hybridized carbons (Fsp3) is 0.231. The average Bonchev–Trinajstić information content (AvgIpc) is 2.28. The standard InChI is InChI=1S/C13H16IN/c1-2-10-15(11-6-9-14)12-13-7-4-3-5-8-13/h2-9H,1,10-12H2/b9-6-. The monoisotopic (exact) mass is 313 g/mol. The molecule has 80 valence electrons. The summed E-state index contributed by atoms with van der Waals surface area (Å²) in [7, 11) is 0. The summed E-state index contributed by atoms with van der Waals surface area (Å²) in [4.78, 5) is 2.34. The summed E-state index contributed by atoms with van der Waals surface area (Å²) in [5.74, 6) is 0. The highest BCUT2D eigenvalue weighted by Gasteiger charge is 2.01. The fourth-order valence-electron chi connectivity index (χ4n) is 1.42. The van der Waals surface area contributed by atoms with Gasteiger partial charge in [0, 0.05) is 19.6 Å². The average molecular weight is 313 g/mol. The van der Waals surface area contributed by atoms with E-state index in [1.54, 1.807) is 0 Å². The maximum Gasteiger partial charge on any atom is 0.0240 e. The van der Waals surface area contributed by atoms with Gasteiger partial charge in [-0.15, -0.1) is 6.58 Å². The molecule has 0 unspecified atom stereocenters. The van der Waals surface area contributed by atoms with Crippen LogP contribution in [0, 0.1) is 0 Å². The molecule has 0 atom stereocenters. The molecule has 0 fully saturated rings. The van der Waals surface area contributed by atoms with E-state index in [1.165, 1.54) is 5.56 Å². The molecular weight excluding hydrogens is 297 g/mol. The van der Waals surface area contributed by atoms with Gasteiger partial charge in [0.15, 0.2) is 0 Å². The zero-order valence-electron chi connectivity index (χ0n) is 8.77. The lowest BCUT2D eigenvalue weighted by molar-refractivity contribution is 0.328. The summed E-state index contributed by atoms with van der Waals surface area (Å²) in [6, 6.07) is 10.5. The molecule has 2 heteroatoms. The van der Waals surface area contributed by atoms with Crippen molar-refractivity contribution in [2.24, 2.45) is 0 Å². The minimum Gasteiger partial charge on any atom is -0.292 e. The molecule has 1 rings (SSSR count). The van der Waals surface area contributed by atoms with Crippen molar-refractivity contribution in [3.63, 3.8) is 0 Å². The molecule has 0 saturated heterocycles. The first-order valence-electron chi connectivity index (χ1n) is 4.99. The maximum absolute atomic E-state index is 3.78. The van der Waals surface area contributed by atoms with Gasteiger partial charge in [0.2, 0.25) is 0 Å². The van der Waals surface area contributed by atoms with Gasteiger partial charge in [0.25, 0.3) is 0 Å². The van der Waals surface area contributed by atoms with Gasteiger partial charge < -0.3 is 0 Å². The number of hydrogen-bond donors (Lipinski definition) is 0.